The lowest BCUT2D eigenvalue weighted by Gasteiger charge is -2.14. The van der Waals surface area contributed by atoms with Gasteiger partial charge in [0.25, 0.3) is 0 Å². The number of aryl methyl sites for hydroxylation is 1. The van der Waals surface area contributed by atoms with Gasteiger partial charge in [0.2, 0.25) is 0 Å². The van der Waals surface area contributed by atoms with Gasteiger partial charge in [0.05, 0.1) is 16.4 Å². The number of imidazole rings is 1. The van der Waals surface area contributed by atoms with E-state index in [9.17, 15) is 0 Å². The minimum atomic E-state index is 0.693. The fourth-order valence-electron chi connectivity index (χ4n) is 5.28. The van der Waals surface area contributed by atoms with Crippen molar-refractivity contribution in [3.8, 4) is 22.6 Å². The Kier molecular flexibility index (Phi) is 7.15. The third-order valence-corrected chi connectivity index (χ3v) is 7.52. The Bertz CT molecular complexity index is 1720. The Morgan fingerprint density at radius 2 is 1.92 bits per heavy atom. The fourth-order valence-corrected chi connectivity index (χ4v) is 5.28. The number of hydrogen-bond acceptors (Lipinski definition) is 5. The molecule has 0 spiro atoms. The maximum atomic E-state index is 4.90. The van der Waals surface area contributed by atoms with Gasteiger partial charge in [-0.3, -0.25) is 15.1 Å². The molecule has 1 saturated heterocycles. The number of H-pyrrole nitrogens is 2. The number of pyridine rings is 2. The highest BCUT2D eigenvalue weighted by molar-refractivity contribution is 5.93. The molecule has 196 valence electrons. The Morgan fingerprint density at radius 1 is 1.08 bits per heavy atom. The lowest BCUT2D eigenvalue weighted by molar-refractivity contribution is 0.334. The Labute approximate surface area is 228 Å². The van der Waals surface area contributed by atoms with Crippen molar-refractivity contribution in [3.05, 3.63) is 89.0 Å². The van der Waals surface area contributed by atoms with Crippen LogP contribution in [0.2, 0.25) is 0 Å². The summed E-state index contributed by atoms with van der Waals surface area (Å²) >= 11 is 0. The summed E-state index contributed by atoms with van der Waals surface area (Å²) < 4.78 is 0. The lowest BCUT2D eigenvalue weighted by Crippen LogP contribution is -2.21. The van der Waals surface area contributed by atoms with E-state index in [0.29, 0.717) is 11.5 Å². The standard InChI is InChI=1S/C32H33N7/c1-22(26-19-24(20-34-21-26)7-6-18-39-16-3-4-17-39)10-11-28-23(2)30(38-37-28)32-35-29-9-5-8-27(31(29)36-32)25-12-14-33-15-13-25/h5,8-15,19-21,37H,2-4,6-7,16-18H2,1H3,(H,35,36)/b22-10+,28-11+. The van der Waals surface area contributed by atoms with Gasteiger partial charge in [0, 0.05) is 35.6 Å². The fraction of sp³-hybridized carbons (Fsp3) is 0.250. The van der Waals surface area contributed by atoms with Crippen molar-refractivity contribution in [2.45, 2.75) is 32.6 Å². The molecule has 0 bridgehead atoms. The molecular formula is C32H33N7. The number of allylic oxidation sites excluding steroid dienone is 2. The van der Waals surface area contributed by atoms with E-state index >= 15 is 0 Å². The van der Waals surface area contributed by atoms with Gasteiger partial charge in [0.15, 0.2) is 5.82 Å². The molecule has 39 heavy (non-hydrogen) atoms. The van der Waals surface area contributed by atoms with E-state index in [1.165, 1.54) is 44.5 Å². The molecule has 2 N–H and O–H groups in total. The molecule has 1 fully saturated rings. The molecular weight excluding hydrogens is 482 g/mol. The first kappa shape index (κ1) is 24.9. The van der Waals surface area contributed by atoms with Gasteiger partial charge in [-0.05, 0) is 105 Å². The molecule has 4 aromatic heterocycles. The molecule has 0 saturated carbocycles. The van der Waals surface area contributed by atoms with Crippen LogP contribution in [-0.4, -0.2) is 54.7 Å². The van der Waals surface area contributed by atoms with Crippen LogP contribution in [0.15, 0.2) is 67.3 Å². The van der Waals surface area contributed by atoms with Crippen molar-refractivity contribution in [2.75, 3.05) is 19.6 Å². The molecule has 1 aromatic carbocycles. The third kappa shape index (κ3) is 5.45. The van der Waals surface area contributed by atoms with Crippen LogP contribution in [0.5, 0.6) is 0 Å². The highest BCUT2D eigenvalue weighted by atomic mass is 15.1. The van der Waals surface area contributed by atoms with E-state index in [1.807, 2.05) is 42.7 Å². The maximum absolute atomic E-state index is 4.90. The van der Waals surface area contributed by atoms with Crippen LogP contribution in [0, 0.1) is 0 Å². The number of aromatic nitrogens is 6. The highest BCUT2D eigenvalue weighted by Crippen LogP contribution is 2.28. The average molecular weight is 516 g/mol. The van der Waals surface area contributed by atoms with Gasteiger partial charge < -0.3 is 9.88 Å². The highest BCUT2D eigenvalue weighted by Gasteiger charge is 2.13. The van der Waals surface area contributed by atoms with Crippen LogP contribution in [0.1, 0.15) is 37.3 Å². The zero-order valence-corrected chi connectivity index (χ0v) is 22.3. The van der Waals surface area contributed by atoms with E-state index in [-0.39, 0.29) is 0 Å². The SMILES string of the molecule is C=c1c(-c2nc3c(-c4ccncc4)cccc3[nH]2)n[nH]/c1=C/C=C(\C)c1cncc(CCCN2CCCC2)c1. The Balaban J connectivity index is 1.22. The summed E-state index contributed by atoms with van der Waals surface area (Å²) in [6.45, 7) is 10.1. The third-order valence-electron chi connectivity index (χ3n) is 7.52. The smallest absolute Gasteiger partial charge is 0.159 e. The first-order valence-corrected chi connectivity index (χ1v) is 13.6. The first-order valence-electron chi connectivity index (χ1n) is 13.6. The summed E-state index contributed by atoms with van der Waals surface area (Å²) in [5, 5.41) is 9.34. The minimum absolute atomic E-state index is 0.693. The molecule has 6 rings (SSSR count). The summed E-state index contributed by atoms with van der Waals surface area (Å²) in [6.07, 6.45) is 16.6. The van der Waals surface area contributed by atoms with E-state index in [2.05, 4.69) is 61.8 Å². The molecule has 0 amide bonds. The monoisotopic (exact) mass is 515 g/mol. The van der Waals surface area contributed by atoms with Crippen molar-refractivity contribution in [2.24, 2.45) is 0 Å². The number of para-hydroxylation sites is 1. The number of aromatic amines is 2. The van der Waals surface area contributed by atoms with Crippen LogP contribution in [-0.2, 0) is 6.42 Å². The first-order chi connectivity index (χ1) is 19.2. The van der Waals surface area contributed by atoms with Crippen molar-refractivity contribution in [1.82, 2.24) is 35.0 Å². The summed E-state index contributed by atoms with van der Waals surface area (Å²) in [5.41, 5.74) is 8.26. The average Bonchev–Trinajstić information content (AvgIpc) is 3.72. The van der Waals surface area contributed by atoms with Crippen molar-refractivity contribution in [3.63, 3.8) is 0 Å². The van der Waals surface area contributed by atoms with Crippen molar-refractivity contribution in [1.29, 1.82) is 0 Å². The van der Waals surface area contributed by atoms with Crippen LogP contribution < -0.4 is 10.6 Å². The quantitative estimate of drug-likeness (QED) is 0.312. The zero-order valence-electron chi connectivity index (χ0n) is 22.3. The summed E-state index contributed by atoms with van der Waals surface area (Å²) in [6, 6.07) is 12.4. The number of benzene rings is 1. The molecule has 5 aromatic rings. The topological polar surface area (TPSA) is 86.4 Å². The summed E-state index contributed by atoms with van der Waals surface area (Å²) in [5.74, 6) is 0.693. The molecule has 0 radical (unpaired) electrons. The van der Waals surface area contributed by atoms with E-state index in [0.717, 1.165) is 50.3 Å². The van der Waals surface area contributed by atoms with Crippen molar-refractivity contribution < 1.29 is 0 Å². The largest absolute Gasteiger partial charge is 0.337 e. The number of nitrogens with one attached hydrogen (secondary N) is 2. The number of hydrogen-bond donors (Lipinski definition) is 2. The predicted molar refractivity (Wildman–Crippen MR) is 158 cm³/mol. The Hall–Kier alpha value is -4.36. The van der Waals surface area contributed by atoms with Crippen LogP contribution >= 0.6 is 0 Å². The van der Waals surface area contributed by atoms with Gasteiger partial charge in [-0.15, -0.1) is 0 Å². The van der Waals surface area contributed by atoms with E-state index < -0.39 is 0 Å². The molecule has 1 aliphatic heterocycles. The molecule has 0 aliphatic carbocycles. The van der Waals surface area contributed by atoms with Crippen LogP contribution in [0.25, 0.3) is 51.9 Å². The molecule has 0 unspecified atom stereocenters. The van der Waals surface area contributed by atoms with E-state index in [1.54, 1.807) is 12.4 Å². The van der Waals surface area contributed by atoms with E-state index in [4.69, 9.17) is 4.98 Å². The van der Waals surface area contributed by atoms with Gasteiger partial charge in [-0.25, -0.2) is 4.98 Å². The normalized spacial score (nSPS) is 15.0. The summed E-state index contributed by atoms with van der Waals surface area (Å²) in [4.78, 5) is 19.5. The Morgan fingerprint density at radius 3 is 2.77 bits per heavy atom. The van der Waals surface area contributed by atoms with Crippen LogP contribution in [0.4, 0.5) is 0 Å². The van der Waals surface area contributed by atoms with Gasteiger partial charge in [-0.1, -0.05) is 24.8 Å². The second-order valence-corrected chi connectivity index (χ2v) is 10.2. The van der Waals surface area contributed by atoms with Gasteiger partial charge in [-0.2, -0.15) is 5.10 Å². The number of fused-ring (bicyclic) bond motifs is 1. The predicted octanol–water partition coefficient (Wildman–Crippen LogP) is 4.73. The number of rotatable bonds is 8. The molecule has 7 heteroatoms. The van der Waals surface area contributed by atoms with Gasteiger partial charge >= 0.3 is 0 Å². The number of likely N-dealkylation sites (tertiary alicyclic amines) is 1. The van der Waals surface area contributed by atoms with Crippen molar-refractivity contribution >= 4 is 29.3 Å². The second kappa shape index (κ2) is 11.2. The molecule has 7 nitrogen and oxygen atoms in total. The second-order valence-electron chi connectivity index (χ2n) is 10.2. The molecule has 1 aliphatic rings. The maximum Gasteiger partial charge on any atom is 0.159 e. The van der Waals surface area contributed by atoms with Crippen LogP contribution in [0.3, 0.4) is 0 Å². The zero-order chi connectivity index (χ0) is 26.6. The lowest BCUT2D eigenvalue weighted by atomic mass is 10.0. The number of nitrogens with zero attached hydrogens (tertiary/aromatic N) is 5. The summed E-state index contributed by atoms with van der Waals surface area (Å²) in [7, 11) is 0. The molecule has 0 atom stereocenters. The van der Waals surface area contributed by atoms with Gasteiger partial charge in [0.1, 0.15) is 5.69 Å². The minimum Gasteiger partial charge on any atom is -0.337 e. The molecule has 5 heterocycles.